The molecule has 1 N–H and O–H groups in total. The van der Waals surface area contributed by atoms with E-state index in [4.69, 9.17) is 4.74 Å². The Hall–Kier alpha value is -1.86. The molecule has 152 valence electrons. The lowest BCUT2D eigenvalue weighted by atomic mass is 10.1. The first-order valence-electron chi connectivity index (χ1n) is 9.89. The van der Waals surface area contributed by atoms with Gasteiger partial charge in [-0.3, -0.25) is 10.1 Å². The molecule has 7 heteroatoms. The van der Waals surface area contributed by atoms with E-state index in [-0.39, 0.29) is 5.91 Å². The van der Waals surface area contributed by atoms with Crippen molar-refractivity contribution in [3.05, 3.63) is 35.9 Å². The Labute approximate surface area is 176 Å². The van der Waals surface area contributed by atoms with Gasteiger partial charge in [0.1, 0.15) is 5.75 Å². The lowest BCUT2D eigenvalue weighted by Gasteiger charge is -2.06. The van der Waals surface area contributed by atoms with Crippen LogP contribution in [0.2, 0.25) is 0 Å². The highest BCUT2D eigenvalue weighted by atomic mass is 32.2. The molecular weight excluding hydrogens is 390 g/mol. The van der Waals surface area contributed by atoms with E-state index in [1.54, 1.807) is 17.8 Å². The van der Waals surface area contributed by atoms with E-state index in [9.17, 15) is 4.79 Å². The van der Waals surface area contributed by atoms with Crippen LogP contribution < -0.4 is 10.1 Å². The zero-order valence-corrected chi connectivity index (χ0v) is 18.3. The van der Waals surface area contributed by atoms with Gasteiger partial charge in [0.25, 0.3) is 0 Å². The summed E-state index contributed by atoms with van der Waals surface area (Å²) in [6.07, 6.45) is 10.8. The smallest absolute Gasteiger partial charge is 0.250 e. The van der Waals surface area contributed by atoms with Crippen LogP contribution in [0.1, 0.15) is 57.9 Å². The molecule has 28 heavy (non-hydrogen) atoms. The van der Waals surface area contributed by atoms with Crippen LogP contribution in [0.5, 0.6) is 5.75 Å². The average molecular weight is 420 g/mol. The number of rotatable bonds is 13. The van der Waals surface area contributed by atoms with Crippen molar-refractivity contribution in [1.29, 1.82) is 0 Å². The maximum absolute atomic E-state index is 12.0. The van der Waals surface area contributed by atoms with Gasteiger partial charge in [-0.1, -0.05) is 81.2 Å². The van der Waals surface area contributed by atoms with Crippen LogP contribution in [-0.4, -0.2) is 28.5 Å². The van der Waals surface area contributed by atoms with Crippen LogP contribution >= 0.6 is 23.1 Å². The van der Waals surface area contributed by atoms with Gasteiger partial charge in [0.05, 0.1) is 6.61 Å². The number of nitrogens with zero attached hydrogens (tertiary/aromatic N) is 2. The predicted octanol–water partition coefficient (Wildman–Crippen LogP) is 6.04. The molecule has 0 atom stereocenters. The van der Waals surface area contributed by atoms with E-state index in [0.717, 1.165) is 34.4 Å². The SMILES string of the molecule is CCCCCCCCOc1ccc(C=CC(=O)Nc2nnc(SCC)s2)cc1. The van der Waals surface area contributed by atoms with Gasteiger partial charge < -0.3 is 4.74 Å². The third-order valence-electron chi connectivity index (χ3n) is 3.98. The van der Waals surface area contributed by atoms with Crippen molar-refractivity contribution in [2.75, 3.05) is 17.7 Å². The lowest BCUT2D eigenvalue weighted by molar-refractivity contribution is -0.111. The molecule has 0 unspecified atom stereocenters. The number of amides is 1. The minimum atomic E-state index is -0.215. The third-order valence-corrected chi connectivity index (χ3v) is 5.83. The minimum Gasteiger partial charge on any atom is -0.494 e. The summed E-state index contributed by atoms with van der Waals surface area (Å²) >= 11 is 2.99. The first-order chi connectivity index (χ1) is 13.7. The number of aromatic nitrogens is 2. The maximum Gasteiger partial charge on any atom is 0.250 e. The molecular formula is C21H29N3O2S2. The summed E-state index contributed by atoms with van der Waals surface area (Å²) < 4.78 is 6.63. The fraction of sp³-hybridized carbons (Fsp3) is 0.476. The number of carbonyl (C=O) groups is 1. The number of anilines is 1. The molecule has 0 fully saturated rings. The summed E-state index contributed by atoms with van der Waals surface area (Å²) in [6, 6.07) is 7.77. The predicted molar refractivity (Wildman–Crippen MR) is 119 cm³/mol. The molecule has 1 aromatic heterocycles. The lowest BCUT2D eigenvalue weighted by Crippen LogP contribution is -2.07. The highest BCUT2D eigenvalue weighted by Gasteiger charge is 2.05. The molecule has 0 aliphatic carbocycles. The van der Waals surface area contributed by atoms with Crippen LogP contribution in [0.3, 0.4) is 0 Å². The monoisotopic (exact) mass is 419 g/mol. The first-order valence-corrected chi connectivity index (χ1v) is 11.7. The number of benzene rings is 1. The number of unbranched alkanes of at least 4 members (excludes halogenated alkanes) is 5. The molecule has 1 heterocycles. The number of hydrogen-bond acceptors (Lipinski definition) is 6. The summed E-state index contributed by atoms with van der Waals surface area (Å²) in [7, 11) is 0. The molecule has 2 aromatic rings. The van der Waals surface area contributed by atoms with Gasteiger partial charge in [0, 0.05) is 6.08 Å². The molecule has 0 saturated heterocycles. The molecule has 0 saturated carbocycles. The second-order valence-electron chi connectivity index (χ2n) is 6.31. The van der Waals surface area contributed by atoms with Crippen molar-refractivity contribution in [2.24, 2.45) is 0 Å². The Morgan fingerprint density at radius 1 is 1.11 bits per heavy atom. The van der Waals surface area contributed by atoms with Crippen molar-refractivity contribution in [3.63, 3.8) is 0 Å². The van der Waals surface area contributed by atoms with Gasteiger partial charge >= 0.3 is 0 Å². The zero-order chi connectivity index (χ0) is 20.0. The third kappa shape index (κ3) is 8.89. The zero-order valence-electron chi connectivity index (χ0n) is 16.6. The molecule has 1 aromatic carbocycles. The minimum absolute atomic E-state index is 0.215. The van der Waals surface area contributed by atoms with Gasteiger partial charge in [-0.15, -0.1) is 10.2 Å². The van der Waals surface area contributed by atoms with Crippen LogP contribution in [0.15, 0.2) is 34.7 Å². The molecule has 0 radical (unpaired) electrons. The van der Waals surface area contributed by atoms with Crippen LogP contribution in [0, 0.1) is 0 Å². The van der Waals surface area contributed by atoms with Gasteiger partial charge in [-0.2, -0.15) is 0 Å². The second-order valence-corrected chi connectivity index (χ2v) is 8.80. The topological polar surface area (TPSA) is 64.1 Å². The van der Waals surface area contributed by atoms with Crippen molar-refractivity contribution in [1.82, 2.24) is 10.2 Å². The highest BCUT2D eigenvalue weighted by Crippen LogP contribution is 2.25. The van der Waals surface area contributed by atoms with E-state index in [1.165, 1.54) is 49.5 Å². The molecule has 0 spiro atoms. The number of nitrogens with one attached hydrogen (secondary N) is 1. The van der Waals surface area contributed by atoms with E-state index in [0.29, 0.717) is 5.13 Å². The summed E-state index contributed by atoms with van der Waals surface area (Å²) in [4.78, 5) is 12.0. The van der Waals surface area contributed by atoms with Crippen LogP contribution in [0.4, 0.5) is 5.13 Å². The van der Waals surface area contributed by atoms with Gasteiger partial charge in [-0.25, -0.2) is 0 Å². The van der Waals surface area contributed by atoms with Crippen molar-refractivity contribution in [2.45, 2.75) is 56.7 Å². The molecule has 0 aliphatic heterocycles. The second kappa shape index (κ2) is 13.3. The van der Waals surface area contributed by atoms with E-state index < -0.39 is 0 Å². The Morgan fingerprint density at radius 2 is 1.86 bits per heavy atom. The molecule has 1 amide bonds. The van der Waals surface area contributed by atoms with Crippen LogP contribution in [0.25, 0.3) is 6.08 Å². The summed E-state index contributed by atoms with van der Waals surface area (Å²) in [5.74, 6) is 1.58. The fourth-order valence-electron chi connectivity index (χ4n) is 2.51. The Kier molecular flexibility index (Phi) is 10.7. The molecule has 0 bridgehead atoms. The summed E-state index contributed by atoms with van der Waals surface area (Å²) in [6.45, 7) is 5.04. The van der Waals surface area contributed by atoms with Crippen molar-refractivity contribution < 1.29 is 9.53 Å². The van der Waals surface area contributed by atoms with Gasteiger partial charge in [0.15, 0.2) is 4.34 Å². The summed E-state index contributed by atoms with van der Waals surface area (Å²) in [5.41, 5.74) is 0.946. The molecule has 0 aliphatic rings. The van der Waals surface area contributed by atoms with E-state index in [1.807, 2.05) is 24.3 Å². The van der Waals surface area contributed by atoms with Gasteiger partial charge in [0.2, 0.25) is 11.0 Å². The van der Waals surface area contributed by atoms with Crippen molar-refractivity contribution in [3.8, 4) is 5.75 Å². The maximum atomic E-state index is 12.0. The number of thioether (sulfide) groups is 1. The van der Waals surface area contributed by atoms with Gasteiger partial charge in [-0.05, 0) is 35.9 Å². The van der Waals surface area contributed by atoms with E-state index in [2.05, 4.69) is 29.4 Å². The first kappa shape index (κ1) is 22.4. The normalized spacial score (nSPS) is 11.1. The fourth-order valence-corrected chi connectivity index (χ4v) is 4.16. The Bertz CT molecular complexity index is 730. The Morgan fingerprint density at radius 3 is 2.61 bits per heavy atom. The quantitative estimate of drug-likeness (QED) is 0.185. The summed E-state index contributed by atoms with van der Waals surface area (Å²) in [5, 5.41) is 11.2. The van der Waals surface area contributed by atoms with Crippen molar-refractivity contribution >= 4 is 40.2 Å². The number of hydrogen-bond donors (Lipinski definition) is 1. The highest BCUT2D eigenvalue weighted by molar-refractivity contribution is 8.01. The molecule has 5 nitrogen and oxygen atoms in total. The van der Waals surface area contributed by atoms with E-state index >= 15 is 0 Å². The van der Waals surface area contributed by atoms with Crippen LogP contribution in [-0.2, 0) is 4.79 Å². The molecule has 2 rings (SSSR count). The number of carbonyl (C=O) groups excluding carboxylic acids is 1. The number of ether oxygens (including phenoxy) is 1. The Balaban J connectivity index is 1.69. The largest absolute Gasteiger partial charge is 0.494 e. The average Bonchev–Trinajstić information content (AvgIpc) is 3.14. The standard InChI is InChI=1S/C21H29N3O2S2/c1-3-5-6-7-8-9-16-26-18-13-10-17(11-14-18)12-15-19(25)22-20-23-24-21(28-20)27-4-2/h10-15H,3-9,16H2,1-2H3,(H,22,23,25).